The van der Waals surface area contributed by atoms with Gasteiger partial charge >= 0.3 is 0 Å². The molecule has 5 rings (SSSR count). The Hall–Kier alpha value is -3.86. The summed E-state index contributed by atoms with van der Waals surface area (Å²) in [5.41, 5.74) is 2.11. The molecule has 0 radical (unpaired) electrons. The van der Waals surface area contributed by atoms with Gasteiger partial charge in [0.05, 0.1) is 22.5 Å². The van der Waals surface area contributed by atoms with E-state index in [-0.39, 0.29) is 22.7 Å². The fraction of sp³-hybridized carbons (Fsp3) is 0.355. The van der Waals surface area contributed by atoms with E-state index in [1.165, 1.54) is 0 Å². The van der Waals surface area contributed by atoms with E-state index in [0.717, 1.165) is 24.7 Å². The first-order valence-electron chi connectivity index (χ1n) is 14.3. The van der Waals surface area contributed by atoms with Crippen molar-refractivity contribution in [2.45, 2.75) is 19.8 Å². The first-order valence-corrected chi connectivity index (χ1v) is 15.0. The van der Waals surface area contributed by atoms with Gasteiger partial charge in [0.25, 0.3) is 11.8 Å². The van der Waals surface area contributed by atoms with Crippen molar-refractivity contribution in [1.82, 2.24) is 29.7 Å². The van der Waals surface area contributed by atoms with Crippen molar-refractivity contribution in [1.29, 1.82) is 0 Å². The SMILES string of the molecule is C=c1[nH]cc/c1=C(/C(Cl)=C\C)c1cnc(C(=O)Nc2ccc(C(=O)N3CCN(C(=O)C[C@@H]4CCNC4)CC3)c(Cl)c2)n1C. The highest BCUT2D eigenvalue weighted by Gasteiger charge is 2.28. The molecule has 0 spiro atoms. The molecule has 4 heterocycles. The number of nitrogens with zero attached hydrogens (tertiary/aromatic N) is 4. The molecular formula is C31H35Cl2N7O3. The van der Waals surface area contributed by atoms with Crippen LogP contribution in [-0.4, -0.2) is 81.3 Å². The summed E-state index contributed by atoms with van der Waals surface area (Å²) in [5, 5.41) is 8.34. The highest BCUT2D eigenvalue weighted by molar-refractivity contribution is 6.36. The first kappa shape index (κ1) is 30.6. The minimum atomic E-state index is -0.446. The van der Waals surface area contributed by atoms with Crippen LogP contribution in [0.5, 0.6) is 0 Å². The van der Waals surface area contributed by atoms with Crippen molar-refractivity contribution in [3.8, 4) is 0 Å². The lowest BCUT2D eigenvalue weighted by Crippen LogP contribution is -2.51. The maximum atomic E-state index is 13.2. The molecule has 0 bridgehead atoms. The predicted molar refractivity (Wildman–Crippen MR) is 168 cm³/mol. The lowest BCUT2D eigenvalue weighted by atomic mass is 10.0. The maximum Gasteiger partial charge on any atom is 0.291 e. The predicted octanol–water partition coefficient (Wildman–Crippen LogP) is 2.69. The highest BCUT2D eigenvalue weighted by atomic mass is 35.5. The number of carbonyl (C=O) groups excluding carboxylic acids is 3. The van der Waals surface area contributed by atoms with Crippen LogP contribution < -0.4 is 21.2 Å². The van der Waals surface area contributed by atoms with Gasteiger partial charge in [-0.1, -0.05) is 35.9 Å². The molecule has 2 aromatic heterocycles. The number of piperazine rings is 1. The van der Waals surface area contributed by atoms with Gasteiger partial charge in [-0.25, -0.2) is 4.98 Å². The summed E-state index contributed by atoms with van der Waals surface area (Å²) >= 11 is 13.1. The van der Waals surface area contributed by atoms with Crippen LogP contribution in [-0.2, 0) is 11.8 Å². The molecule has 0 unspecified atom stereocenters. The third-order valence-electron chi connectivity index (χ3n) is 8.04. The van der Waals surface area contributed by atoms with Gasteiger partial charge in [0.15, 0.2) is 5.82 Å². The van der Waals surface area contributed by atoms with E-state index in [4.69, 9.17) is 23.2 Å². The van der Waals surface area contributed by atoms with Crippen molar-refractivity contribution in [3.05, 3.63) is 80.4 Å². The van der Waals surface area contributed by atoms with Crippen molar-refractivity contribution in [2.24, 2.45) is 13.0 Å². The minimum absolute atomic E-state index is 0.148. The van der Waals surface area contributed by atoms with E-state index in [1.54, 1.807) is 53.2 Å². The Morgan fingerprint density at radius 3 is 2.53 bits per heavy atom. The Morgan fingerprint density at radius 2 is 1.91 bits per heavy atom. The second-order valence-electron chi connectivity index (χ2n) is 10.8. The number of nitrogens with one attached hydrogen (secondary N) is 3. The number of amides is 3. The average molecular weight is 625 g/mol. The summed E-state index contributed by atoms with van der Waals surface area (Å²) in [7, 11) is 1.74. The van der Waals surface area contributed by atoms with E-state index < -0.39 is 5.91 Å². The van der Waals surface area contributed by atoms with Crippen LogP contribution in [0.4, 0.5) is 5.69 Å². The number of aromatic nitrogens is 3. The third kappa shape index (κ3) is 6.56. The van der Waals surface area contributed by atoms with Gasteiger partial charge in [-0.05, 0) is 56.6 Å². The summed E-state index contributed by atoms with van der Waals surface area (Å²) in [6.07, 6.45) is 6.72. The molecule has 2 fully saturated rings. The van der Waals surface area contributed by atoms with Crippen LogP contribution >= 0.6 is 23.2 Å². The standard InChI is InChI=1S/C31H35Cl2N7O3/c1-4-24(32)28(22-8-10-35-19(22)2)26-18-36-29(38(26)3)30(42)37-21-5-6-23(25(33)16-21)31(43)40-13-11-39(12-14-40)27(41)15-20-7-9-34-17-20/h4-6,8,10,16,18,20,34-35H,2,7,9,11-15,17H2,1,3H3,(H,37,42)/b24-4+,28-22+/t20-/m0/s1. The Morgan fingerprint density at radius 1 is 1.16 bits per heavy atom. The number of hydrogen-bond donors (Lipinski definition) is 3. The van der Waals surface area contributed by atoms with Crippen LogP contribution in [0.15, 0.2) is 47.8 Å². The fourth-order valence-corrected chi connectivity index (χ4v) is 6.03. The van der Waals surface area contributed by atoms with E-state index in [0.29, 0.717) is 71.4 Å². The number of aromatic amines is 1. The van der Waals surface area contributed by atoms with Crippen LogP contribution in [0.3, 0.4) is 0 Å². The molecule has 3 aromatic rings. The number of carbonyl (C=O) groups is 3. The number of hydrogen-bond acceptors (Lipinski definition) is 5. The largest absolute Gasteiger partial charge is 0.362 e. The Labute approximate surface area is 260 Å². The molecule has 10 nitrogen and oxygen atoms in total. The number of allylic oxidation sites excluding steroid dienone is 2. The zero-order valence-corrected chi connectivity index (χ0v) is 25.8. The third-order valence-corrected chi connectivity index (χ3v) is 8.76. The molecule has 2 saturated heterocycles. The maximum absolute atomic E-state index is 13.2. The Bertz CT molecular complexity index is 1680. The molecule has 226 valence electrons. The molecule has 1 aromatic carbocycles. The number of benzene rings is 1. The van der Waals surface area contributed by atoms with Crippen LogP contribution in [0, 0.1) is 5.92 Å². The topological polar surface area (TPSA) is 115 Å². The zero-order valence-electron chi connectivity index (χ0n) is 24.3. The zero-order chi connectivity index (χ0) is 30.7. The van der Waals surface area contributed by atoms with Gasteiger partial charge in [0.1, 0.15) is 0 Å². The van der Waals surface area contributed by atoms with Crippen LogP contribution in [0.1, 0.15) is 46.4 Å². The quantitative estimate of drug-likeness (QED) is 0.374. The summed E-state index contributed by atoms with van der Waals surface area (Å²) in [6, 6.07) is 6.66. The van der Waals surface area contributed by atoms with Gasteiger partial charge in [-0.3, -0.25) is 14.4 Å². The van der Waals surface area contributed by atoms with Gasteiger partial charge in [-0.2, -0.15) is 0 Å². The highest BCUT2D eigenvalue weighted by Crippen LogP contribution is 2.26. The fourth-order valence-electron chi connectivity index (χ4n) is 5.57. The molecule has 3 amide bonds. The van der Waals surface area contributed by atoms with Crippen LogP contribution in [0.2, 0.25) is 5.02 Å². The molecule has 1 atom stereocenters. The normalized spacial score (nSPS) is 18.1. The van der Waals surface area contributed by atoms with Crippen molar-refractivity contribution < 1.29 is 14.4 Å². The molecule has 12 heteroatoms. The summed E-state index contributed by atoms with van der Waals surface area (Å²) in [6.45, 7) is 9.60. The number of H-pyrrole nitrogens is 1. The second-order valence-corrected chi connectivity index (χ2v) is 11.6. The molecule has 43 heavy (non-hydrogen) atoms. The molecule has 0 saturated carbocycles. The van der Waals surface area contributed by atoms with E-state index >= 15 is 0 Å². The molecule has 2 aliphatic heterocycles. The Balaban J connectivity index is 1.24. The van der Waals surface area contributed by atoms with Crippen molar-refractivity contribution in [3.63, 3.8) is 0 Å². The monoisotopic (exact) mass is 623 g/mol. The van der Waals surface area contributed by atoms with Crippen molar-refractivity contribution in [2.75, 3.05) is 44.6 Å². The number of imidazole rings is 1. The molecule has 0 aliphatic carbocycles. The number of rotatable bonds is 7. The van der Waals surface area contributed by atoms with Crippen molar-refractivity contribution >= 4 is 58.8 Å². The summed E-state index contributed by atoms with van der Waals surface area (Å²) in [5.74, 6) is 0.0555. The van der Waals surface area contributed by atoms with Gasteiger partial charge < -0.3 is 30.0 Å². The molecule has 3 N–H and O–H groups in total. The van der Waals surface area contributed by atoms with Gasteiger partial charge in [0.2, 0.25) is 5.91 Å². The molecular weight excluding hydrogens is 589 g/mol. The van der Waals surface area contributed by atoms with E-state index in [9.17, 15) is 14.4 Å². The average Bonchev–Trinajstić information content (AvgIpc) is 3.76. The van der Waals surface area contributed by atoms with Gasteiger partial charge in [0, 0.05) is 72.7 Å². The first-order chi connectivity index (χ1) is 20.7. The smallest absolute Gasteiger partial charge is 0.291 e. The van der Waals surface area contributed by atoms with Gasteiger partial charge in [-0.15, -0.1) is 0 Å². The Kier molecular flexibility index (Phi) is 9.39. The molecule has 2 aliphatic rings. The summed E-state index contributed by atoms with van der Waals surface area (Å²) < 4.78 is 1.66. The van der Waals surface area contributed by atoms with E-state index in [1.807, 2.05) is 17.9 Å². The lowest BCUT2D eigenvalue weighted by molar-refractivity contribution is -0.133. The summed E-state index contributed by atoms with van der Waals surface area (Å²) in [4.78, 5) is 50.1. The minimum Gasteiger partial charge on any atom is -0.362 e. The number of halogens is 2. The lowest BCUT2D eigenvalue weighted by Gasteiger charge is -2.35. The second kappa shape index (κ2) is 13.2. The van der Waals surface area contributed by atoms with E-state index in [2.05, 4.69) is 27.2 Å². The number of anilines is 1. The van der Waals surface area contributed by atoms with Crippen LogP contribution in [0.25, 0.3) is 12.2 Å².